The summed E-state index contributed by atoms with van der Waals surface area (Å²) in [5.41, 5.74) is 0.322. The van der Waals surface area contributed by atoms with Crippen LogP contribution < -0.4 is 5.32 Å². The lowest BCUT2D eigenvalue weighted by atomic mass is 9.58. The molecule has 0 aromatic heterocycles. The largest absolute Gasteiger partial charge is 0.435 e. The number of benzene rings is 1. The number of nitrogens with one attached hydrogen (secondary N) is 1. The quantitative estimate of drug-likeness (QED) is 0.470. The maximum atomic E-state index is 12.7. The van der Waals surface area contributed by atoms with Gasteiger partial charge in [-0.1, -0.05) is 44.2 Å². The molecular weight excluding hydrogens is 450 g/mol. The van der Waals surface area contributed by atoms with Crippen molar-refractivity contribution in [3.8, 4) is 0 Å². The molecule has 6 rings (SSSR count). The molecule has 1 aromatic carbocycles. The highest BCUT2D eigenvalue weighted by Crippen LogP contribution is 2.60. The minimum atomic E-state index is -0.875. The van der Waals surface area contributed by atoms with E-state index in [4.69, 9.17) is 24.0 Å². The van der Waals surface area contributed by atoms with E-state index in [1.165, 1.54) is 0 Å². The summed E-state index contributed by atoms with van der Waals surface area (Å²) in [5, 5.41) is 2.93. The molecule has 4 aliphatic heterocycles. The van der Waals surface area contributed by atoms with Crippen LogP contribution >= 0.6 is 0 Å². The average Bonchev–Trinajstić information content (AvgIpc) is 3.07. The summed E-state index contributed by atoms with van der Waals surface area (Å²) in [5.74, 6) is -0.812. The highest BCUT2D eigenvalue weighted by Gasteiger charge is 2.69. The van der Waals surface area contributed by atoms with Gasteiger partial charge in [0.25, 0.3) is 0 Å². The molecular formula is C27H37NO7. The molecule has 2 bridgehead atoms. The van der Waals surface area contributed by atoms with Gasteiger partial charge in [-0.15, -0.1) is 0 Å². The first kappa shape index (κ1) is 24.7. The van der Waals surface area contributed by atoms with Gasteiger partial charge in [-0.3, -0.25) is 9.59 Å². The van der Waals surface area contributed by atoms with Gasteiger partial charge in [0.1, 0.15) is 0 Å². The molecule has 0 unspecified atom stereocenters. The fourth-order valence-electron chi connectivity index (χ4n) is 6.55. The first-order valence-corrected chi connectivity index (χ1v) is 13.0. The molecule has 0 radical (unpaired) electrons. The van der Waals surface area contributed by atoms with Crippen molar-refractivity contribution in [2.75, 3.05) is 0 Å². The zero-order valence-electron chi connectivity index (χ0n) is 21.0. The average molecular weight is 488 g/mol. The molecule has 9 atom stereocenters. The molecule has 5 fully saturated rings. The highest BCUT2D eigenvalue weighted by molar-refractivity contribution is 5.81. The smallest absolute Gasteiger partial charge is 0.308 e. The standard InChI is InChI=1S/C27H37NO7/c1-16-10-11-21-17(2)24(32-25-27(21)20(16)14-15-26(4,33-25)34-35-27)31-23(30)13-12-22(29)28-18(3)19-8-6-5-7-9-19/h5-9,16-18,20-21,24-25H,10-15H2,1-4H3,(H,28,29)/t16-,17-,18+,20+,21+,24-,25-,26+,27-/m1/s1. The summed E-state index contributed by atoms with van der Waals surface area (Å²) in [6, 6.07) is 9.58. The van der Waals surface area contributed by atoms with Crippen molar-refractivity contribution in [3.63, 3.8) is 0 Å². The Labute approximate surface area is 206 Å². The molecule has 4 saturated heterocycles. The van der Waals surface area contributed by atoms with E-state index in [2.05, 4.69) is 12.2 Å². The Morgan fingerprint density at radius 2 is 1.86 bits per heavy atom. The molecule has 1 saturated carbocycles. The fourth-order valence-corrected chi connectivity index (χ4v) is 6.55. The van der Waals surface area contributed by atoms with Crippen LogP contribution in [-0.2, 0) is 33.6 Å². The normalized spacial score (nSPS) is 40.8. The van der Waals surface area contributed by atoms with E-state index in [0.717, 1.165) is 31.2 Å². The molecule has 1 aliphatic carbocycles. The summed E-state index contributed by atoms with van der Waals surface area (Å²) in [6.07, 6.45) is 2.30. The van der Waals surface area contributed by atoms with Crippen molar-refractivity contribution in [3.05, 3.63) is 35.9 Å². The van der Waals surface area contributed by atoms with Crippen molar-refractivity contribution in [1.29, 1.82) is 0 Å². The Balaban J connectivity index is 1.21. The monoisotopic (exact) mass is 487 g/mol. The summed E-state index contributed by atoms with van der Waals surface area (Å²) in [7, 11) is 0. The van der Waals surface area contributed by atoms with Crippen LogP contribution in [0.2, 0.25) is 0 Å². The van der Waals surface area contributed by atoms with Crippen LogP contribution in [0, 0.1) is 23.7 Å². The Bertz CT molecular complexity index is 941. The molecule has 8 nitrogen and oxygen atoms in total. The summed E-state index contributed by atoms with van der Waals surface area (Å²) in [6.45, 7) is 8.09. The Hall–Kier alpha value is -2.00. The van der Waals surface area contributed by atoms with E-state index in [1.807, 2.05) is 51.1 Å². The van der Waals surface area contributed by atoms with Gasteiger partial charge in [-0.05, 0) is 50.5 Å². The van der Waals surface area contributed by atoms with Crippen LogP contribution in [-0.4, -0.2) is 35.8 Å². The molecule has 1 spiro atoms. The number of carbonyl (C=O) groups is 2. The van der Waals surface area contributed by atoms with Crippen LogP contribution in [0.25, 0.3) is 0 Å². The number of carbonyl (C=O) groups excluding carboxylic acids is 2. The first-order valence-electron chi connectivity index (χ1n) is 13.0. The Morgan fingerprint density at radius 3 is 2.63 bits per heavy atom. The van der Waals surface area contributed by atoms with Crippen molar-refractivity contribution in [2.24, 2.45) is 23.7 Å². The highest BCUT2D eigenvalue weighted by atomic mass is 17.3. The van der Waals surface area contributed by atoms with E-state index in [1.54, 1.807) is 0 Å². The number of rotatable bonds is 6. The third-order valence-electron chi connectivity index (χ3n) is 8.58. The topological polar surface area (TPSA) is 92.3 Å². The number of amides is 1. The van der Waals surface area contributed by atoms with E-state index >= 15 is 0 Å². The Kier molecular flexibility index (Phi) is 6.68. The predicted molar refractivity (Wildman–Crippen MR) is 125 cm³/mol. The maximum absolute atomic E-state index is 12.7. The van der Waals surface area contributed by atoms with Gasteiger partial charge >= 0.3 is 5.97 Å². The summed E-state index contributed by atoms with van der Waals surface area (Å²) in [4.78, 5) is 37.1. The van der Waals surface area contributed by atoms with Gasteiger partial charge in [-0.25, -0.2) is 9.78 Å². The maximum Gasteiger partial charge on any atom is 0.308 e. The second-order valence-electron chi connectivity index (χ2n) is 11.0. The minimum Gasteiger partial charge on any atom is -0.435 e. The zero-order chi connectivity index (χ0) is 24.8. The minimum absolute atomic E-state index is 0.0156. The van der Waals surface area contributed by atoms with E-state index < -0.39 is 29.9 Å². The Morgan fingerprint density at radius 1 is 1.09 bits per heavy atom. The number of fused-ring (bicyclic) bond motifs is 2. The third kappa shape index (κ3) is 4.50. The van der Waals surface area contributed by atoms with E-state index in [-0.39, 0.29) is 42.5 Å². The molecule has 8 heteroatoms. The third-order valence-corrected chi connectivity index (χ3v) is 8.58. The second-order valence-corrected chi connectivity index (χ2v) is 11.0. The van der Waals surface area contributed by atoms with Crippen LogP contribution in [0.5, 0.6) is 0 Å². The molecule has 1 amide bonds. The lowest BCUT2D eigenvalue weighted by molar-refractivity contribution is -0.576. The lowest BCUT2D eigenvalue weighted by Gasteiger charge is -2.59. The van der Waals surface area contributed by atoms with Gasteiger partial charge in [0, 0.05) is 24.7 Å². The molecule has 4 heterocycles. The van der Waals surface area contributed by atoms with E-state index in [0.29, 0.717) is 5.92 Å². The molecule has 5 aliphatic rings. The van der Waals surface area contributed by atoms with Crippen molar-refractivity contribution < 1.29 is 33.6 Å². The fraction of sp³-hybridized carbons (Fsp3) is 0.704. The molecule has 1 N–H and O–H groups in total. The van der Waals surface area contributed by atoms with Gasteiger partial charge in [-0.2, -0.15) is 0 Å². The van der Waals surface area contributed by atoms with Crippen molar-refractivity contribution >= 4 is 11.9 Å². The molecule has 1 aromatic rings. The number of esters is 1. The first-order chi connectivity index (χ1) is 16.7. The van der Waals surface area contributed by atoms with Crippen LogP contribution in [0.1, 0.15) is 77.8 Å². The molecule has 192 valence electrons. The van der Waals surface area contributed by atoms with Gasteiger partial charge < -0.3 is 19.5 Å². The van der Waals surface area contributed by atoms with Gasteiger partial charge in [0.15, 0.2) is 11.9 Å². The van der Waals surface area contributed by atoms with Crippen LogP contribution in [0.15, 0.2) is 30.3 Å². The lowest BCUT2D eigenvalue weighted by Crippen LogP contribution is -2.70. The van der Waals surface area contributed by atoms with Gasteiger partial charge in [0.2, 0.25) is 18.0 Å². The molecule has 35 heavy (non-hydrogen) atoms. The van der Waals surface area contributed by atoms with E-state index in [9.17, 15) is 9.59 Å². The zero-order valence-corrected chi connectivity index (χ0v) is 21.0. The van der Waals surface area contributed by atoms with Crippen molar-refractivity contribution in [1.82, 2.24) is 5.32 Å². The van der Waals surface area contributed by atoms with Crippen LogP contribution in [0.3, 0.4) is 0 Å². The summed E-state index contributed by atoms with van der Waals surface area (Å²) >= 11 is 0. The van der Waals surface area contributed by atoms with Crippen molar-refractivity contribution in [2.45, 2.75) is 96.2 Å². The number of hydrogen-bond donors (Lipinski definition) is 1. The number of hydrogen-bond acceptors (Lipinski definition) is 7. The van der Waals surface area contributed by atoms with Gasteiger partial charge in [0.05, 0.1) is 12.5 Å². The SMILES string of the molecule is C[C@H]1[C@H](OC(=O)CCC(=O)N[C@@H](C)c2ccccc2)O[C@@H]2O[C@]3(C)CC[C@H]4[C@H](C)CC[C@@H]1[C@@]24OO3. The number of ether oxygens (including phenoxy) is 3. The summed E-state index contributed by atoms with van der Waals surface area (Å²) < 4.78 is 18.4. The predicted octanol–water partition coefficient (Wildman–Crippen LogP) is 4.40. The second kappa shape index (κ2) is 9.47. The van der Waals surface area contributed by atoms with Crippen LogP contribution in [0.4, 0.5) is 0 Å².